The van der Waals surface area contributed by atoms with Crippen LogP contribution in [0.3, 0.4) is 0 Å². The Morgan fingerprint density at radius 3 is 2.46 bits per heavy atom. The highest BCUT2D eigenvalue weighted by Crippen LogP contribution is 2.30. The van der Waals surface area contributed by atoms with Gasteiger partial charge in [-0.2, -0.15) is 0 Å². The molecule has 4 N–H and O–H groups in total. The standard InChI is InChI=1S/C21H16N2O2S/c22-16-4-1-13(2-5-16)14-3-7-18(21(24)25)19(12-14)23-17-6-8-20-15(11-17)9-10-26-20/h1-12,23H,22H2,(H,24,25). The van der Waals surface area contributed by atoms with Gasteiger partial charge in [-0.05, 0) is 70.4 Å². The molecule has 0 saturated heterocycles. The maximum absolute atomic E-state index is 11.6. The van der Waals surface area contributed by atoms with Crippen molar-refractivity contribution in [2.45, 2.75) is 0 Å². The molecule has 1 aromatic heterocycles. The van der Waals surface area contributed by atoms with Crippen LogP contribution in [0.2, 0.25) is 0 Å². The van der Waals surface area contributed by atoms with Crippen LogP contribution in [0, 0.1) is 0 Å². The molecule has 1 heterocycles. The first-order valence-corrected chi connectivity index (χ1v) is 8.96. The average molecular weight is 360 g/mol. The highest BCUT2D eigenvalue weighted by Gasteiger charge is 2.12. The molecule has 26 heavy (non-hydrogen) atoms. The average Bonchev–Trinajstić information content (AvgIpc) is 3.10. The predicted molar refractivity (Wildman–Crippen MR) is 108 cm³/mol. The van der Waals surface area contributed by atoms with Gasteiger partial charge in [0.25, 0.3) is 0 Å². The molecule has 0 bridgehead atoms. The van der Waals surface area contributed by atoms with Gasteiger partial charge in [-0.3, -0.25) is 0 Å². The third kappa shape index (κ3) is 3.12. The summed E-state index contributed by atoms with van der Waals surface area (Å²) in [5.74, 6) is -0.965. The van der Waals surface area contributed by atoms with Crippen LogP contribution in [0.25, 0.3) is 21.2 Å². The minimum atomic E-state index is -0.965. The Labute approximate surface area is 154 Å². The fourth-order valence-electron chi connectivity index (χ4n) is 2.89. The summed E-state index contributed by atoms with van der Waals surface area (Å²) in [6.45, 7) is 0. The van der Waals surface area contributed by atoms with Gasteiger partial charge in [-0.25, -0.2) is 4.79 Å². The summed E-state index contributed by atoms with van der Waals surface area (Å²) in [6.07, 6.45) is 0. The van der Waals surface area contributed by atoms with E-state index in [1.54, 1.807) is 17.4 Å². The lowest BCUT2D eigenvalue weighted by Gasteiger charge is -2.12. The van der Waals surface area contributed by atoms with Crippen molar-refractivity contribution >= 4 is 44.5 Å². The fourth-order valence-corrected chi connectivity index (χ4v) is 3.66. The molecule has 0 radical (unpaired) electrons. The molecule has 0 aliphatic heterocycles. The lowest BCUT2D eigenvalue weighted by molar-refractivity contribution is 0.0698. The van der Waals surface area contributed by atoms with Crippen LogP contribution in [0.5, 0.6) is 0 Å². The first-order valence-electron chi connectivity index (χ1n) is 8.08. The van der Waals surface area contributed by atoms with E-state index < -0.39 is 5.97 Å². The topological polar surface area (TPSA) is 75.4 Å². The van der Waals surface area contributed by atoms with Crippen molar-refractivity contribution in [1.29, 1.82) is 0 Å². The molecular weight excluding hydrogens is 344 g/mol. The summed E-state index contributed by atoms with van der Waals surface area (Å²) in [5.41, 5.74) is 9.99. The molecule has 0 aliphatic rings. The second-order valence-corrected chi connectivity index (χ2v) is 6.93. The van der Waals surface area contributed by atoms with E-state index in [9.17, 15) is 9.90 Å². The molecule has 0 atom stereocenters. The lowest BCUT2D eigenvalue weighted by atomic mass is 10.0. The van der Waals surface area contributed by atoms with Crippen molar-refractivity contribution in [3.05, 3.63) is 77.7 Å². The van der Waals surface area contributed by atoms with Gasteiger partial charge in [-0.15, -0.1) is 11.3 Å². The number of carboxylic acid groups (broad SMARTS) is 1. The number of benzene rings is 3. The molecule has 5 heteroatoms. The number of thiophene rings is 1. The number of nitrogens with two attached hydrogens (primary N) is 1. The van der Waals surface area contributed by atoms with Gasteiger partial charge >= 0.3 is 5.97 Å². The number of nitrogen functional groups attached to an aromatic ring is 1. The molecule has 4 aromatic rings. The SMILES string of the molecule is Nc1ccc(-c2ccc(C(=O)O)c(Nc3ccc4sccc4c3)c2)cc1. The van der Waals surface area contributed by atoms with Gasteiger partial charge in [0.15, 0.2) is 0 Å². The van der Waals surface area contributed by atoms with E-state index in [-0.39, 0.29) is 5.56 Å². The summed E-state index contributed by atoms with van der Waals surface area (Å²) in [5, 5.41) is 16.0. The second-order valence-electron chi connectivity index (χ2n) is 5.99. The van der Waals surface area contributed by atoms with Crippen LogP contribution < -0.4 is 11.1 Å². The van der Waals surface area contributed by atoms with Crippen molar-refractivity contribution in [2.24, 2.45) is 0 Å². The first kappa shape index (κ1) is 16.2. The molecular formula is C21H16N2O2S. The van der Waals surface area contributed by atoms with Crippen molar-refractivity contribution < 1.29 is 9.90 Å². The Hall–Kier alpha value is -3.31. The summed E-state index contributed by atoms with van der Waals surface area (Å²) in [6, 6.07) is 20.9. The number of hydrogen-bond donors (Lipinski definition) is 3. The van der Waals surface area contributed by atoms with Gasteiger partial charge in [0, 0.05) is 16.1 Å². The summed E-state index contributed by atoms with van der Waals surface area (Å²) >= 11 is 1.68. The van der Waals surface area contributed by atoms with E-state index >= 15 is 0 Å². The number of carboxylic acids is 1. The van der Waals surface area contributed by atoms with Gasteiger partial charge in [0.1, 0.15) is 0 Å². The molecule has 0 fully saturated rings. The molecule has 128 valence electrons. The number of rotatable bonds is 4. The maximum atomic E-state index is 11.6. The molecule has 0 spiro atoms. The maximum Gasteiger partial charge on any atom is 0.337 e. The molecule has 0 amide bonds. The number of carbonyl (C=O) groups is 1. The molecule has 0 unspecified atom stereocenters. The number of fused-ring (bicyclic) bond motifs is 1. The fraction of sp³-hybridized carbons (Fsp3) is 0. The monoisotopic (exact) mass is 360 g/mol. The number of anilines is 3. The lowest BCUT2D eigenvalue weighted by Crippen LogP contribution is -2.03. The third-order valence-electron chi connectivity index (χ3n) is 4.23. The zero-order chi connectivity index (χ0) is 18.1. The van der Waals surface area contributed by atoms with Crippen molar-refractivity contribution in [2.75, 3.05) is 11.1 Å². The zero-order valence-corrected chi connectivity index (χ0v) is 14.6. The third-order valence-corrected chi connectivity index (χ3v) is 5.12. The summed E-state index contributed by atoms with van der Waals surface area (Å²) in [7, 11) is 0. The minimum absolute atomic E-state index is 0.231. The zero-order valence-electron chi connectivity index (χ0n) is 13.8. The molecule has 3 aromatic carbocycles. The van der Waals surface area contributed by atoms with Crippen LogP contribution >= 0.6 is 11.3 Å². The number of nitrogens with one attached hydrogen (secondary N) is 1. The predicted octanol–water partition coefficient (Wildman–Crippen LogP) is 5.59. The minimum Gasteiger partial charge on any atom is -0.478 e. The van der Waals surface area contributed by atoms with Crippen LogP contribution in [0.4, 0.5) is 17.1 Å². The van der Waals surface area contributed by atoms with Crippen LogP contribution in [0.15, 0.2) is 72.1 Å². The van der Waals surface area contributed by atoms with Crippen LogP contribution in [-0.4, -0.2) is 11.1 Å². The molecule has 0 saturated carbocycles. The van der Waals surface area contributed by atoms with Crippen LogP contribution in [0.1, 0.15) is 10.4 Å². The summed E-state index contributed by atoms with van der Waals surface area (Å²) in [4.78, 5) is 11.6. The van der Waals surface area contributed by atoms with Crippen molar-refractivity contribution in [3.63, 3.8) is 0 Å². The molecule has 4 nitrogen and oxygen atoms in total. The van der Waals surface area contributed by atoms with E-state index in [1.807, 2.05) is 66.0 Å². The Balaban J connectivity index is 1.75. The van der Waals surface area contributed by atoms with E-state index in [0.717, 1.165) is 22.2 Å². The number of hydrogen-bond acceptors (Lipinski definition) is 4. The normalized spacial score (nSPS) is 10.8. The van der Waals surface area contributed by atoms with E-state index in [0.29, 0.717) is 11.4 Å². The molecule has 0 aliphatic carbocycles. The van der Waals surface area contributed by atoms with Crippen LogP contribution in [-0.2, 0) is 0 Å². The van der Waals surface area contributed by atoms with Gasteiger partial charge in [-0.1, -0.05) is 18.2 Å². The Bertz CT molecular complexity index is 1100. The van der Waals surface area contributed by atoms with E-state index in [1.165, 1.54) is 4.70 Å². The van der Waals surface area contributed by atoms with Gasteiger partial charge < -0.3 is 16.2 Å². The van der Waals surface area contributed by atoms with Gasteiger partial charge in [0.05, 0.1) is 11.3 Å². The number of aromatic carboxylic acids is 1. The van der Waals surface area contributed by atoms with E-state index in [2.05, 4.69) is 5.32 Å². The first-order chi connectivity index (χ1) is 12.6. The Morgan fingerprint density at radius 2 is 1.69 bits per heavy atom. The smallest absolute Gasteiger partial charge is 0.337 e. The van der Waals surface area contributed by atoms with Crippen molar-refractivity contribution in [1.82, 2.24) is 0 Å². The quantitative estimate of drug-likeness (QED) is 0.415. The van der Waals surface area contributed by atoms with E-state index in [4.69, 9.17) is 5.73 Å². The van der Waals surface area contributed by atoms with Gasteiger partial charge in [0.2, 0.25) is 0 Å². The largest absolute Gasteiger partial charge is 0.478 e. The van der Waals surface area contributed by atoms with Crippen molar-refractivity contribution in [3.8, 4) is 11.1 Å². The highest BCUT2D eigenvalue weighted by atomic mass is 32.1. The Morgan fingerprint density at radius 1 is 0.923 bits per heavy atom. The highest BCUT2D eigenvalue weighted by molar-refractivity contribution is 7.17. The molecule has 4 rings (SSSR count). The Kier molecular flexibility index (Phi) is 4.07. The summed E-state index contributed by atoms with van der Waals surface area (Å²) < 4.78 is 1.20. The second kappa shape index (κ2) is 6.54.